The zero-order chi connectivity index (χ0) is 67.3. The van der Waals surface area contributed by atoms with E-state index in [4.69, 9.17) is 37.0 Å². The Morgan fingerprint density at radius 2 is 0.593 bits per heavy atom. The van der Waals surface area contributed by atoms with E-state index in [2.05, 4.69) is 72.8 Å². The standard InChI is InChI=1S/C72H136O17P2/c1-8-9-10-11-12-13-14-15-16-19-23-26-33-41-48-55-71(76)88-67(59-82-69(74)53-46-39-32-25-22-20-17-18-21-24-29-36-43-50-63(2)3)61-86-90(78,79)84-57-66(73)58-85-91(80,81)87-62-68(89-72(77)56-49-42-35-28-31-38-45-52-65(6)7)60-83-70(75)54-47-40-34-27-30-37-44-51-64(4)5/h13-16,63-68,73H,8-12,17-62H2,1-7H3,(H,78,79)(H,80,81)/b14-13-,16-15-/t66?,67-,68-/m1/s1. The number of aliphatic hydroxyl groups is 1. The number of allylic oxidation sites excluding steroid dienone is 4. The maximum absolute atomic E-state index is 13.0. The lowest BCUT2D eigenvalue weighted by Crippen LogP contribution is -2.30. The predicted octanol–water partition coefficient (Wildman–Crippen LogP) is 20.2. The molecule has 0 saturated heterocycles. The van der Waals surface area contributed by atoms with Gasteiger partial charge in [-0.1, -0.05) is 285 Å². The molecule has 0 fully saturated rings. The Labute approximate surface area is 554 Å². The zero-order valence-electron chi connectivity index (χ0n) is 58.8. The number of ether oxygens (including phenoxy) is 4. The van der Waals surface area contributed by atoms with Crippen molar-refractivity contribution in [3.8, 4) is 0 Å². The smallest absolute Gasteiger partial charge is 0.462 e. The first-order valence-electron chi connectivity index (χ1n) is 36.7. The van der Waals surface area contributed by atoms with E-state index in [0.717, 1.165) is 115 Å². The summed E-state index contributed by atoms with van der Waals surface area (Å²) in [5.74, 6) is 0.0288. The lowest BCUT2D eigenvalue weighted by molar-refractivity contribution is -0.161. The summed E-state index contributed by atoms with van der Waals surface area (Å²) in [6, 6.07) is 0. The maximum Gasteiger partial charge on any atom is 0.472 e. The Kier molecular flexibility index (Phi) is 60.7. The van der Waals surface area contributed by atoms with Gasteiger partial charge in [-0.2, -0.15) is 0 Å². The van der Waals surface area contributed by atoms with Crippen molar-refractivity contribution >= 4 is 39.5 Å². The lowest BCUT2D eigenvalue weighted by atomic mass is 10.0. The number of phosphoric acid groups is 2. The predicted molar refractivity (Wildman–Crippen MR) is 367 cm³/mol. The Bertz CT molecular complexity index is 1880. The van der Waals surface area contributed by atoms with E-state index in [0.29, 0.717) is 37.5 Å². The highest BCUT2D eigenvalue weighted by Gasteiger charge is 2.30. The van der Waals surface area contributed by atoms with Crippen molar-refractivity contribution < 1.29 is 80.2 Å². The minimum Gasteiger partial charge on any atom is -0.462 e. The fourth-order valence-corrected chi connectivity index (χ4v) is 11.9. The fourth-order valence-electron chi connectivity index (χ4n) is 10.4. The monoisotopic (exact) mass is 1330 g/mol. The first kappa shape index (κ1) is 88.5. The molecule has 0 rings (SSSR count). The van der Waals surface area contributed by atoms with Gasteiger partial charge in [-0.05, 0) is 69.1 Å². The second-order valence-corrected chi connectivity index (χ2v) is 29.6. The van der Waals surface area contributed by atoms with Crippen molar-refractivity contribution in [1.29, 1.82) is 0 Å². The molecule has 0 amide bonds. The van der Waals surface area contributed by atoms with Crippen LogP contribution < -0.4 is 0 Å². The number of carbonyl (C=O) groups excluding carboxylic acids is 4. The van der Waals surface area contributed by atoms with Crippen LogP contribution in [0.25, 0.3) is 0 Å². The average molecular weight is 1340 g/mol. The van der Waals surface area contributed by atoms with Crippen LogP contribution in [0.2, 0.25) is 0 Å². The molecule has 0 aromatic rings. The number of hydrogen-bond donors (Lipinski definition) is 3. The largest absolute Gasteiger partial charge is 0.472 e. The van der Waals surface area contributed by atoms with E-state index in [1.807, 2.05) is 0 Å². The van der Waals surface area contributed by atoms with Gasteiger partial charge < -0.3 is 33.8 Å². The summed E-state index contributed by atoms with van der Waals surface area (Å²) in [7, 11) is -9.92. The van der Waals surface area contributed by atoms with E-state index in [1.54, 1.807) is 0 Å². The topological polar surface area (TPSA) is 237 Å². The molecule has 3 unspecified atom stereocenters. The molecular weight excluding hydrogens is 1200 g/mol. The second kappa shape index (κ2) is 62.4. The van der Waals surface area contributed by atoms with Crippen LogP contribution in [0.4, 0.5) is 0 Å². The quantitative estimate of drug-likeness (QED) is 0.0169. The summed E-state index contributed by atoms with van der Waals surface area (Å²) in [4.78, 5) is 72.5. The van der Waals surface area contributed by atoms with Crippen LogP contribution in [-0.2, 0) is 65.4 Å². The molecule has 0 spiro atoms. The molecule has 0 aliphatic rings. The highest BCUT2D eigenvalue weighted by atomic mass is 31.2. The molecule has 0 saturated carbocycles. The van der Waals surface area contributed by atoms with Gasteiger partial charge in [-0.25, -0.2) is 9.13 Å². The number of aliphatic hydroxyl groups excluding tert-OH is 1. The van der Waals surface area contributed by atoms with Gasteiger partial charge >= 0.3 is 39.5 Å². The Morgan fingerprint density at radius 3 is 0.890 bits per heavy atom. The van der Waals surface area contributed by atoms with E-state index < -0.39 is 97.5 Å². The highest BCUT2D eigenvalue weighted by molar-refractivity contribution is 7.47. The number of hydrogen-bond acceptors (Lipinski definition) is 15. The fraction of sp³-hybridized carbons (Fsp3) is 0.889. The summed E-state index contributed by atoms with van der Waals surface area (Å²) in [5.41, 5.74) is 0. The first-order chi connectivity index (χ1) is 43.7. The van der Waals surface area contributed by atoms with E-state index in [1.165, 1.54) is 128 Å². The summed E-state index contributed by atoms with van der Waals surface area (Å²) < 4.78 is 68.3. The highest BCUT2D eigenvalue weighted by Crippen LogP contribution is 2.45. The van der Waals surface area contributed by atoms with Gasteiger partial charge in [0.25, 0.3) is 0 Å². The van der Waals surface area contributed by atoms with Crippen LogP contribution >= 0.6 is 15.6 Å². The third-order valence-electron chi connectivity index (χ3n) is 16.0. The SMILES string of the molecule is CCCCCC/C=C\C=C/CCCCCCCC(=O)O[C@H](COC(=O)CCCCCCCCCCCCCCCC(C)C)COP(=O)(O)OCC(O)COP(=O)(O)OC[C@@H](COC(=O)CCCCCCCCCC(C)C)OC(=O)CCCCCCCCCC(C)C. The molecule has 0 heterocycles. The number of esters is 4. The Hall–Kier alpha value is -2.46. The Morgan fingerprint density at radius 1 is 0.341 bits per heavy atom. The summed E-state index contributed by atoms with van der Waals surface area (Å²) in [6.07, 6.45) is 49.6. The van der Waals surface area contributed by atoms with Crippen molar-refractivity contribution in [2.24, 2.45) is 17.8 Å². The summed E-state index contributed by atoms with van der Waals surface area (Å²) >= 11 is 0. The minimum absolute atomic E-state index is 0.0845. The third kappa shape index (κ3) is 66.0. The normalized spacial score (nSPS) is 14.3. The van der Waals surface area contributed by atoms with Crippen molar-refractivity contribution in [3.05, 3.63) is 24.3 Å². The first-order valence-corrected chi connectivity index (χ1v) is 39.7. The van der Waals surface area contributed by atoms with Crippen molar-refractivity contribution in [1.82, 2.24) is 0 Å². The molecular formula is C72H136O17P2. The molecule has 17 nitrogen and oxygen atoms in total. The third-order valence-corrected chi connectivity index (χ3v) is 17.9. The number of rotatable bonds is 68. The van der Waals surface area contributed by atoms with Gasteiger partial charge in [0.2, 0.25) is 0 Å². The molecule has 3 N–H and O–H groups in total. The van der Waals surface area contributed by atoms with Crippen molar-refractivity contribution in [3.63, 3.8) is 0 Å². The molecule has 0 bridgehead atoms. The van der Waals surface area contributed by atoms with Crippen LogP contribution in [0.15, 0.2) is 24.3 Å². The van der Waals surface area contributed by atoms with Crippen LogP contribution in [0, 0.1) is 17.8 Å². The van der Waals surface area contributed by atoms with Gasteiger partial charge in [-0.15, -0.1) is 0 Å². The van der Waals surface area contributed by atoms with Crippen molar-refractivity contribution in [2.45, 2.75) is 356 Å². The zero-order valence-corrected chi connectivity index (χ0v) is 60.6. The molecule has 0 radical (unpaired) electrons. The van der Waals surface area contributed by atoms with Gasteiger partial charge in [0, 0.05) is 25.7 Å². The molecule has 536 valence electrons. The van der Waals surface area contributed by atoms with E-state index >= 15 is 0 Å². The summed E-state index contributed by atoms with van der Waals surface area (Å²) in [6.45, 7) is 11.7. The number of carbonyl (C=O) groups is 4. The van der Waals surface area contributed by atoms with Crippen molar-refractivity contribution in [2.75, 3.05) is 39.6 Å². The molecule has 0 aromatic carbocycles. The van der Waals surface area contributed by atoms with Crippen LogP contribution in [-0.4, -0.2) is 96.7 Å². The number of unbranched alkanes of at least 4 members (excludes halogenated alkanes) is 33. The summed E-state index contributed by atoms with van der Waals surface area (Å²) in [5, 5.41) is 10.6. The van der Waals surface area contributed by atoms with Crippen LogP contribution in [0.5, 0.6) is 0 Å². The minimum atomic E-state index is -4.96. The molecule has 0 aromatic heterocycles. The Balaban J connectivity index is 5.27. The molecule has 19 heteroatoms. The molecule has 5 atom stereocenters. The second-order valence-electron chi connectivity index (χ2n) is 26.7. The molecule has 91 heavy (non-hydrogen) atoms. The van der Waals surface area contributed by atoms with Gasteiger partial charge in [0.1, 0.15) is 19.3 Å². The number of phosphoric ester groups is 2. The lowest BCUT2D eigenvalue weighted by Gasteiger charge is -2.21. The van der Waals surface area contributed by atoms with Gasteiger partial charge in [-0.3, -0.25) is 37.3 Å². The maximum atomic E-state index is 13.0. The van der Waals surface area contributed by atoms with Crippen LogP contribution in [0.1, 0.15) is 337 Å². The average Bonchev–Trinajstić information content (AvgIpc) is 3.58. The van der Waals surface area contributed by atoms with Crippen LogP contribution in [0.3, 0.4) is 0 Å². The van der Waals surface area contributed by atoms with Gasteiger partial charge in [0.15, 0.2) is 12.2 Å². The van der Waals surface area contributed by atoms with E-state index in [-0.39, 0.29) is 25.7 Å². The van der Waals surface area contributed by atoms with Gasteiger partial charge in [0.05, 0.1) is 26.4 Å². The molecule has 0 aliphatic heterocycles. The van der Waals surface area contributed by atoms with E-state index in [9.17, 15) is 43.2 Å². The molecule has 0 aliphatic carbocycles.